The number of nitrogens with zero attached hydrogens (tertiary/aromatic N) is 6. The van der Waals surface area contributed by atoms with Gasteiger partial charge in [0.05, 0.1) is 17.1 Å². The minimum atomic E-state index is -0.354. The van der Waals surface area contributed by atoms with Gasteiger partial charge in [0.1, 0.15) is 5.82 Å². The number of anilines is 2. The van der Waals surface area contributed by atoms with Crippen molar-refractivity contribution in [2.45, 2.75) is 63.4 Å². The molecule has 0 bridgehead atoms. The number of carbonyl (C=O) groups is 1. The molecular weight excluding hydrogens is 422 g/mol. The lowest BCUT2D eigenvalue weighted by molar-refractivity contribution is -0.115. The highest BCUT2D eigenvalue weighted by atomic mass is 32.2. The molecule has 1 aromatic carbocycles. The molecule has 1 atom stereocenters. The predicted octanol–water partition coefficient (Wildman–Crippen LogP) is 4.46. The van der Waals surface area contributed by atoms with Gasteiger partial charge in [-0.15, -0.1) is 10.2 Å². The van der Waals surface area contributed by atoms with Gasteiger partial charge in [0.25, 0.3) is 0 Å². The third kappa shape index (κ3) is 4.82. The zero-order valence-corrected chi connectivity index (χ0v) is 20.0. The van der Waals surface area contributed by atoms with Crippen LogP contribution >= 0.6 is 11.8 Å². The van der Waals surface area contributed by atoms with Gasteiger partial charge in [-0.1, -0.05) is 29.5 Å². The number of amides is 1. The molecule has 8 nitrogen and oxygen atoms in total. The van der Waals surface area contributed by atoms with Crippen molar-refractivity contribution in [2.24, 2.45) is 0 Å². The molecule has 0 aliphatic carbocycles. The predicted molar refractivity (Wildman–Crippen MR) is 129 cm³/mol. The van der Waals surface area contributed by atoms with Gasteiger partial charge in [-0.05, 0) is 59.1 Å². The number of thioether (sulfide) groups is 1. The summed E-state index contributed by atoms with van der Waals surface area (Å²) in [4.78, 5) is 15.2. The molecule has 32 heavy (non-hydrogen) atoms. The van der Waals surface area contributed by atoms with Crippen LogP contribution in [-0.4, -0.2) is 48.8 Å². The van der Waals surface area contributed by atoms with E-state index in [2.05, 4.69) is 61.3 Å². The Bertz CT molecular complexity index is 1050. The van der Waals surface area contributed by atoms with Gasteiger partial charge in [0.15, 0.2) is 5.16 Å². The van der Waals surface area contributed by atoms with E-state index in [1.165, 1.54) is 23.7 Å². The monoisotopic (exact) mass is 453 g/mol. The van der Waals surface area contributed by atoms with Crippen molar-refractivity contribution in [3.05, 3.63) is 42.1 Å². The fraction of sp³-hybridized carbons (Fsp3) is 0.478. The lowest BCUT2D eigenvalue weighted by atomic mass is 10.1. The summed E-state index contributed by atoms with van der Waals surface area (Å²) in [6, 6.07) is 10.3. The number of nitrogens with one attached hydrogen (secondary N) is 1. The molecule has 3 aromatic rings. The Morgan fingerprint density at radius 3 is 2.44 bits per heavy atom. The summed E-state index contributed by atoms with van der Waals surface area (Å²) in [7, 11) is 0. The summed E-state index contributed by atoms with van der Waals surface area (Å²) >= 11 is 1.42. The summed E-state index contributed by atoms with van der Waals surface area (Å²) < 4.78 is 3.89. The summed E-state index contributed by atoms with van der Waals surface area (Å²) in [5.41, 5.74) is 2.21. The van der Waals surface area contributed by atoms with Crippen molar-refractivity contribution in [3.8, 4) is 5.69 Å². The minimum absolute atomic E-state index is 0.0876. The first-order valence-electron chi connectivity index (χ1n) is 11.2. The maximum absolute atomic E-state index is 12.9. The van der Waals surface area contributed by atoms with Crippen molar-refractivity contribution in [2.75, 3.05) is 23.3 Å². The third-order valence-corrected chi connectivity index (χ3v) is 6.65. The van der Waals surface area contributed by atoms with E-state index in [-0.39, 0.29) is 17.2 Å². The number of aromatic nitrogens is 5. The second-order valence-corrected chi connectivity index (χ2v) is 9.81. The highest BCUT2D eigenvalue weighted by Gasteiger charge is 2.25. The highest BCUT2D eigenvalue weighted by molar-refractivity contribution is 8.00. The maximum Gasteiger partial charge on any atom is 0.238 e. The number of rotatable bonds is 7. The van der Waals surface area contributed by atoms with Crippen LogP contribution < -0.4 is 10.2 Å². The van der Waals surface area contributed by atoms with Crippen molar-refractivity contribution < 1.29 is 4.79 Å². The fourth-order valence-electron chi connectivity index (χ4n) is 3.82. The van der Waals surface area contributed by atoms with Crippen molar-refractivity contribution in [1.29, 1.82) is 0 Å². The topological polar surface area (TPSA) is 80.9 Å². The minimum Gasteiger partial charge on any atom is -0.341 e. The van der Waals surface area contributed by atoms with Gasteiger partial charge in [-0.25, -0.2) is 4.68 Å². The zero-order chi connectivity index (χ0) is 22.7. The van der Waals surface area contributed by atoms with Gasteiger partial charge in [0.2, 0.25) is 11.9 Å². The van der Waals surface area contributed by atoms with E-state index in [1.807, 2.05) is 26.8 Å². The Balaban J connectivity index is 1.58. The highest BCUT2D eigenvalue weighted by Crippen LogP contribution is 2.31. The molecule has 0 saturated carbocycles. The summed E-state index contributed by atoms with van der Waals surface area (Å²) in [6.45, 7) is 9.99. The van der Waals surface area contributed by atoms with Gasteiger partial charge in [-0.3, -0.25) is 9.36 Å². The molecule has 170 valence electrons. The van der Waals surface area contributed by atoms with Crippen LogP contribution in [0.15, 0.2) is 41.7 Å². The Morgan fingerprint density at radius 1 is 1.03 bits per heavy atom. The smallest absolute Gasteiger partial charge is 0.238 e. The fourth-order valence-corrected chi connectivity index (χ4v) is 4.68. The third-order valence-electron chi connectivity index (χ3n) is 5.61. The molecule has 1 unspecified atom stereocenters. The van der Waals surface area contributed by atoms with Crippen LogP contribution in [0.5, 0.6) is 0 Å². The molecule has 1 amide bonds. The summed E-state index contributed by atoms with van der Waals surface area (Å²) in [5, 5.41) is 16.7. The Morgan fingerprint density at radius 2 is 1.75 bits per heavy atom. The summed E-state index contributed by atoms with van der Waals surface area (Å²) in [5.74, 6) is 1.46. The first-order chi connectivity index (χ1) is 15.4. The molecule has 4 rings (SSSR count). The number of hydrogen-bond acceptors (Lipinski definition) is 6. The van der Waals surface area contributed by atoms with Gasteiger partial charge < -0.3 is 10.2 Å². The van der Waals surface area contributed by atoms with E-state index in [4.69, 9.17) is 0 Å². The molecule has 0 spiro atoms. The average molecular weight is 454 g/mol. The van der Waals surface area contributed by atoms with Crippen LogP contribution in [-0.2, 0) is 4.79 Å². The number of carbonyl (C=O) groups excluding carboxylic acids is 1. The van der Waals surface area contributed by atoms with Crippen LogP contribution in [0.25, 0.3) is 5.69 Å². The van der Waals surface area contributed by atoms with Crippen LogP contribution in [0.4, 0.5) is 11.8 Å². The lowest BCUT2D eigenvalue weighted by Crippen LogP contribution is -2.31. The van der Waals surface area contributed by atoms with E-state index in [0.29, 0.717) is 5.82 Å². The molecule has 1 aliphatic heterocycles. The van der Waals surface area contributed by atoms with Gasteiger partial charge in [-0.2, -0.15) is 5.10 Å². The quantitative estimate of drug-likeness (QED) is 0.532. The van der Waals surface area contributed by atoms with Gasteiger partial charge >= 0.3 is 0 Å². The second-order valence-electron chi connectivity index (χ2n) is 8.51. The van der Waals surface area contributed by atoms with E-state index in [9.17, 15) is 4.79 Å². The van der Waals surface area contributed by atoms with Crippen LogP contribution in [0.2, 0.25) is 0 Å². The van der Waals surface area contributed by atoms with Crippen molar-refractivity contribution in [3.63, 3.8) is 0 Å². The number of aryl methyl sites for hydroxylation is 1. The molecule has 2 aromatic heterocycles. The average Bonchev–Trinajstić information content (AvgIpc) is 3.42. The standard InChI is InChI=1S/C23H31N7OS/c1-16(2)30-20(12-13-24-30)25-21(31)18(4)32-23-27-26-22(28-14-6-5-7-15-28)29(23)19-10-8-17(3)9-11-19/h8-13,16,18H,5-7,14-15H2,1-4H3,(H,25,31). The number of hydrogen-bond donors (Lipinski definition) is 1. The molecule has 1 saturated heterocycles. The van der Waals surface area contributed by atoms with E-state index >= 15 is 0 Å². The second kappa shape index (κ2) is 9.77. The van der Waals surface area contributed by atoms with Crippen LogP contribution in [0.1, 0.15) is 51.6 Å². The molecule has 1 aliphatic rings. The molecule has 0 radical (unpaired) electrons. The Labute approximate surface area is 193 Å². The normalized spacial score (nSPS) is 15.2. The lowest BCUT2D eigenvalue weighted by Gasteiger charge is -2.28. The molecular formula is C23H31N7OS. The molecule has 9 heteroatoms. The summed E-state index contributed by atoms with van der Waals surface area (Å²) in [6.07, 6.45) is 5.27. The first kappa shape index (κ1) is 22.4. The van der Waals surface area contributed by atoms with E-state index in [0.717, 1.165) is 42.7 Å². The van der Waals surface area contributed by atoms with E-state index in [1.54, 1.807) is 10.9 Å². The Kier molecular flexibility index (Phi) is 6.83. The van der Waals surface area contributed by atoms with Crippen LogP contribution in [0.3, 0.4) is 0 Å². The van der Waals surface area contributed by atoms with E-state index < -0.39 is 0 Å². The Hall–Kier alpha value is -2.81. The molecule has 1 fully saturated rings. The van der Waals surface area contributed by atoms with Crippen molar-refractivity contribution >= 4 is 29.4 Å². The van der Waals surface area contributed by atoms with Crippen molar-refractivity contribution in [1.82, 2.24) is 24.5 Å². The zero-order valence-electron chi connectivity index (χ0n) is 19.2. The van der Waals surface area contributed by atoms with Crippen LogP contribution in [0, 0.1) is 6.92 Å². The van der Waals surface area contributed by atoms with Gasteiger partial charge in [0, 0.05) is 25.2 Å². The number of piperidine rings is 1. The molecule has 1 N–H and O–H groups in total. The SMILES string of the molecule is Cc1ccc(-n2c(SC(C)C(=O)Nc3ccnn3C(C)C)nnc2N2CCCCC2)cc1. The maximum atomic E-state index is 12.9. The number of benzene rings is 1. The largest absolute Gasteiger partial charge is 0.341 e. The first-order valence-corrected chi connectivity index (χ1v) is 12.1. The molecule has 3 heterocycles.